The van der Waals surface area contributed by atoms with Crippen LogP contribution in [0.4, 0.5) is 0 Å². The van der Waals surface area contributed by atoms with Crippen LogP contribution in [0.3, 0.4) is 0 Å². The average molecular weight is 244 g/mol. The van der Waals surface area contributed by atoms with E-state index in [9.17, 15) is 0 Å². The molecule has 1 aromatic rings. The maximum Gasteiger partial charge on any atom is 0.0139 e. The molecule has 2 aliphatic rings. The Balaban J connectivity index is 1.69. The molecule has 1 aromatic carbocycles. The van der Waals surface area contributed by atoms with E-state index in [1.165, 1.54) is 38.8 Å². The summed E-state index contributed by atoms with van der Waals surface area (Å²) in [6.45, 7) is 4.68. The first-order valence-electron chi connectivity index (χ1n) is 7.30. The Kier molecular flexibility index (Phi) is 3.40. The van der Waals surface area contributed by atoms with Crippen molar-refractivity contribution in [1.82, 2.24) is 4.90 Å². The second kappa shape index (κ2) is 5.02. The van der Waals surface area contributed by atoms with Crippen LogP contribution in [0, 0.1) is 5.92 Å². The summed E-state index contributed by atoms with van der Waals surface area (Å²) in [6.07, 6.45) is 4.97. The van der Waals surface area contributed by atoms with Gasteiger partial charge in [-0.3, -0.25) is 4.90 Å². The fourth-order valence-electron chi connectivity index (χ4n) is 3.52. The predicted octanol–water partition coefficient (Wildman–Crippen LogP) is 2.21. The maximum atomic E-state index is 6.12. The minimum atomic E-state index is 0.414. The number of aryl methyl sites for hydroxylation is 1. The van der Waals surface area contributed by atoms with Gasteiger partial charge in [0.05, 0.1) is 0 Å². The van der Waals surface area contributed by atoms with Crippen molar-refractivity contribution in [2.45, 2.75) is 44.7 Å². The molecule has 0 amide bonds. The maximum absolute atomic E-state index is 6.12. The molecule has 0 bridgehead atoms. The standard InChI is InChI=1S/C16H24N2/c1-12-11-18(9-8-16(12)17)15-7-6-13-4-2-3-5-14(13)10-15/h2-5,12,15-16H,6-11,17H2,1H3. The van der Waals surface area contributed by atoms with Gasteiger partial charge in [-0.15, -0.1) is 0 Å². The number of likely N-dealkylation sites (tertiary alicyclic amines) is 1. The normalized spacial score (nSPS) is 33.1. The minimum absolute atomic E-state index is 0.414. The third-order valence-electron chi connectivity index (χ3n) is 4.84. The zero-order chi connectivity index (χ0) is 12.5. The molecule has 3 atom stereocenters. The highest BCUT2D eigenvalue weighted by Gasteiger charge is 2.29. The van der Waals surface area contributed by atoms with Crippen LogP contribution in [0.5, 0.6) is 0 Å². The first kappa shape index (κ1) is 12.2. The number of hydrogen-bond donors (Lipinski definition) is 1. The van der Waals surface area contributed by atoms with Crippen molar-refractivity contribution in [1.29, 1.82) is 0 Å². The second-order valence-corrected chi connectivity index (χ2v) is 6.09. The molecule has 0 radical (unpaired) electrons. The molecule has 2 N–H and O–H groups in total. The molecule has 18 heavy (non-hydrogen) atoms. The zero-order valence-electron chi connectivity index (χ0n) is 11.3. The van der Waals surface area contributed by atoms with Crippen LogP contribution in [0.1, 0.15) is 30.9 Å². The van der Waals surface area contributed by atoms with Crippen LogP contribution in [-0.2, 0) is 12.8 Å². The van der Waals surface area contributed by atoms with E-state index in [0.29, 0.717) is 12.0 Å². The highest BCUT2D eigenvalue weighted by molar-refractivity contribution is 5.30. The van der Waals surface area contributed by atoms with Crippen molar-refractivity contribution in [3.8, 4) is 0 Å². The van der Waals surface area contributed by atoms with E-state index in [1.807, 2.05) is 0 Å². The fourth-order valence-corrected chi connectivity index (χ4v) is 3.52. The van der Waals surface area contributed by atoms with Crippen molar-refractivity contribution in [2.75, 3.05) is 13.1 Å². The Hall–Kier alpha value is -0.860. The van der Waals surface area contributed by atoms with Crippen LogP contribution in [-0.4, -0.2) is 30.1 Å². The summed E-state index contributed by atoms with van der Waals surface area (Å²) < 4.78 is 0. The van der Waals surface area contributed by atoms with E-state index >= 15 is 0 Å². The number of hydrogen-bond acceptors (Lipinski definition) is 2. The number of fused-ring (bicyclic) bond motifs is 1. The third-order valence-corrected chi connectivity index (χ3v) is 4.84. The van der Waals surface area contributed by atoms with Crippen LogP contribution in [0.25, 0.3) is 0 Å². The first-order valence-corrected chi connectivity index (χ1v) is 7.30. The van der Waals surface area contributed by atoms with Gasteiger partial charge in [-0.1, -0.05) is 31.2 Å². The lowest BCUT2D eigenvalue weighted by molar-refractivity contribution is 0.107. The monoisotopic (exact) mass is 244 g/mol. The lowest BCUT2D eigenvalue weighted by Crippen LogP contribution is -2.51. The summed E-state index contributed by atoms with van der Waals surface area (Å²) in [5, 5.41) is 0. The lowest BCUT2D eigenvalue weighted by Gasteiger charge is -2.41. The highest BCUT2D eigenvalue weighted by atomic mass is 15.2. The lowest BCUT2D eigenvalue weighted by atomic mass is 9.85. The molecule has 0 aromatic heterocycles. The smallest absolute Gasteiger partial charge is 0.0139 e. The molecule has 2 nitrogen and oxygen atoms in total. The Labute approximate surface area is 110 Å². The Morgan fingerprint density at radius 2 is 1.94 bits per heavy atom. The van der Waals surface area contributed by atoms with Gasteiger partial charge in [0.2, 0.25) is 0 Å². The summed E-state index contributed by atoms with van der Waals surface area (Å²) in [5.41, 5.74) is 9.25. The summed E-state index contributed by atoms with van der Waals surface area (Å²) >= 11 is 0. The molecule has 3 rings (SSSR count). The molecule has 0 saturated carbocycles. The number of piperidine rings is 1. The molecule has 1 heterocycles. The van der Waals surface area contributed by atoms with Crippen molar-refractivity contribution >= 4 is 0 Å². The SMILES string of the molecule is CC1CN(C2CCc3ccccc3C2)CCC1N. The number of nitrogens with zero attached hydrogens (tertiary/aromatic N) is 1. The molecular formula is C16H24N2. The molecule has 2 heteroatoms. The van der Waals surface area contributed by atoms with Gasteiger partial charge >= 0.3 is 0 Å². The van der Waals surface area contributed by atoms with E-state index < -0.39 is 0 Å². The molecule has 1 aliphatic heterocycles. The van der Waals surface area contributed by atoms with Crippen molar-refractivity contribution in [3.05, 3.63) is 35.4 Å². The number of benzene rings is 1. The average Bonchev–Trinajstić information content (AvgIpc) is 2.41. The Morgan fingerprint density at radius 3 is 2.72 bits per heavy atom. The van der Waals surface area contributed by atoms with Crippen LogP contribution >= 0.6 is 0 Å². The van der Waals surface area contributed by atoms with Crippen molar-refractivity contribution in [2.24, 2.45) is 11.7 Å². The van der Waals surface area contributed by atoms with Gasteiger partial charge in [0.25, 0.3) is 0 Å². The topological polar surface area (TPSA) is 29.3 Å². The Morgan fingerprint density at radius 1 is 1.17 bits per heavy atom. The van der Waals surface area contributed by atoms with E-state index in [-0.39, 0.29) is 0 Å². The van der Waals surface area contributed by atoms with Gasteiger partial charge in [0, 0.05) is 18.6 Å². The van der Waals surface area contributed by atoms with Gasteiger partial charge in [0.15, 0.2) is 0 Å². The predicted molar refractivity (Wildman–Crippen MR) is 75.6 cm³/mol. The molecule has 3 unspecified atom stereocenters. The van der Waals surface area contributed by atoms with Gasteiger partial charge in [0.1, 0.15) is 0 Å². The fraction of sp³-hybridized carbons (Fsp3) is 0.625. The van der Waals surface area contributed by atoms with Crippen LogP contribution < -0.4 is 5.73 Å². The summed E-state index contributed by atoms with van der Waals surface area (Å²) in [5.74, 6) is 0.649. The van der Waals surface area contributed by atoms with Crippen molar-refractivity contribution in [3.63, 3.8) is 0 Å². The minimum Gasteiger partial charge on any atom is -0.327 e. The van der Waals surface area contributed by atoms with Gasteiger partial charge in [-0.05, 0) is 49.3 Å². The third kappa shape index (κ3) is 2.32. The van der Waals surface area contributed by atoms with E-state index in [0.717, 1.165) is 6.04 Å². The highest BCUT2D eigenvalue weighted by Crippen LogP contribution is 2.27. The van der Waals surface area contributed by atoms with Crippen LogP contribution in [0.2, 0.25) is 0 Å². The van der Waals surface area contributed by atoms with E-state index in [1.54, 1.807) is 11.1 Å². The molecule has 1 saturated heterocycles. The molecule has 0 spiro atoms. The largest absolute Gasteiger partial charge is 0.327 e. The van der Waals surface area contributed by atoms with Crippen molar-refractivity contribution < 1.29 is 0 Å². The van der Waals surface area contributed by atoms with Gasteiger partial charge < -0.3 is 5.73 Å². The van der Waals surface area contributed by atoms with Crippen LogP contribution in [0.15, 0.2) is 24.3 Å². The number of rotatable bonds is 1. The zero-order valence-corrected chi connectivity index (χ0v) is 11.3. The quantitative estimate of drug-likeness (QED) is 0.820. The number of nitrogens with two attached hydrogens (primary N) is 1. The molecule has 1 fully saturated rings. The summed E-state index contributed by atoms with van der Waals surface area (Å²) in [6, 6.07) is 10.1. The first-order chi connectivity index (χ1) is 8.74. The summed E-state index contributed by atoms with van der Waals surface area (Å²) in [7, 11) is 0. The molecule has 1 aliphatic carbocycles. The van der Waals surface area contributed by atoms with E-state index in [4.69, 9.17) is 5.73 Å². The molecule has 98 valence electrons. The van der Waals surface area contributed by atoms with Gasteiger partial charge in [-0.25, -0.2) is 0 Å². The van der Waals surface area contributed by atoms with Gasteiger partial charge in [-0.2, -0.15) is 0 Å². The summed E-state index contributed by atoms with van der Waals surface area (Å²) in [4.78, 5) is 2.68. The second-order valence-electron chi connectivity index (χ2n) is 6.09. The Bertz CT molecular complexity index is 415. The van der Waals surface area contributed by atoms with E-state index in [2.05, 4.69) is 36.1 Å². The molecular weight excluding hydrogens is 220 g/mol.